The molecule has 0 heterocycles. The highest BCUT2D eigenvalue weighted by Gasteiger charge is 2.02. The molecule has 4 heteroatoms. The van der Waals surface area contributed by atoms with Gasteiger partial charge in [0.1, 0.15) is 0 Å². The van der Waals surface area contributed by atoms with Crippen molar-refractivity contribution in [2.75, 3.05) is 5.75 Å². The van der Waals surface area contributed by atoms with Crippen LogP contribution in [-0.2, 0) is 14.6 Å². The third-order valence-corrected chi connectivity index (χ3v) is 2.83. The van der Waals surface area contributed by atoms with Crippen molar-refractivity contribution in [1.29, 1.82) is 0 Å². The Balaban J connectivity index is 3.44. The molecule has 3 nitrogen and oxygen atoms in total. The van der Waals surface area contributed by atoms with E-state index in [-0.39, 0.29) is 5.75 Å². The predicted octanol–water partition coefficient (Wildman–Crippen LogP) is 1.21. The van der Waals surface area contributed by atoms with Crippen LogP contribution < -0.4 is 0 Å². The average molecular weight is 189 g/mol. The van der Waals surface area contributed by atoms with E-state index in [1.54, 1.807) is 6.29 Å². The van der Waals surface area contributed by atoms with Crippen LogP contribution in [0.4, 0.5) is 0 Å². The normalized spacial score (nSPS) is 11.0. The Kier molecular flexibility index (Phi) is 5.62. The number of carbonyl (C=O) groups excluding carboxylic acids is 1. The number of rotatable bonds is 7. The topological polar surface area (TPSA) is 51.2 Å². The Morgan fingerprint density at radius 3 is 2.42 bits per heavy atom. The molecule has 0 aromatic rings. The van der Waals surface area contributed by atoms with Gasteiger partial charge in [-0.1, -0.05) is 13.0 Å². The van der Waals surface area contributed by atoms with Gasteiger partial charge in [0, 0.05) is 11.8 Å². The number of unbranched alkanes of at least 4 members (excludes halogenated alkanes) is 3. The molecule has 1 radical (unpaired) electrons. The van der Waals surface area contributed by atoms with Crippen molar-refractivity contribution in [3.8, 4) is 0 Å². The van der Waals surface area contributed by atoms with E-state index in [0.717, 1.165) is 18.2 Å². The van der Waals surface area contributed by atoms with Gasteiger partial charge in [0.2, 0.25) is 0 Å². The van der Waals surface area contributed by atoms with Crippen molar-refractivity contribution in [3.63, 3.8) is 0 Å². The molecule has 12 heavy (non-hydrogen) atoms. The first kappa shape index (κ1) is 11.4. The fraction of sp³-hybridized carbons (Fsp3) is 0.625. The predicted molar refractivity (Wildman–Crippen MR) is 48.1 cm³/mol. The van der Waals surface area contributed by atoms with Crippen LogP contribution in [0, 0.1) is 0 Å². The molecule has 0 aliphatic rings. The fourth-order valence-corrected chi connectivity index (χ4v) is 1.53. The quantitative estimate of drug-likeness (QED) is 0.566. The Morgan fingerprint density at radius 2 is 1.92 bits per heavy atom. The molecule has 0 unspecified atom stereocenters. The zero-order valence-corrected chi connectivity index (χ0v) is 7.77. The maximum atomic E-state index is 10.8. The lowest BCUT2D eigenvalue weighted by Crippen LogP contribution is -2.01. The van der Waals surface area contributed by atoms with E-state index in [4.69, 9.17) is 0 Å². The summed E-state index contributed by atoms with van der Waals surface area (Å²) in [4.78, 5) is 9.76. The molecule has 0 aliphatic carbocycles. The second kappa shape index (κ2) is 5.94. The zero-order valence-electron chi connectivity index (χ0n) is 6.95. The van der Waals surface area contributed by atoms with Gasteiger partial charge in [0.25, 0.3) is 0 Å². The van der Waals surface area contributed by atoms with Crippen molar-refractivity contribution in [2.45, 2.75) is 25.7 Å². The maximum Gasteiger partial charge on any atom is 0.198 e. The second-order valence-corrected chi connectivity index (χ2v) is 4.56. The van der Waals surface area contributed by atoms with Crippen molar-refractivity contribution < 1.29 is 13.2 Å². The highest BCUT2D eigenvalue weighted by molar-refractivity contribution is 7.94. The molecular formula is C8H13O3S. The lowest BCUT2D eigenvalue weighted by Gasteiger charge is -1.96. The largest absolute Gasteiger partial charge is 0.291 e. The first-order valence-corrected chi connectivity index (χ1v) is 5.54. The SMILES string of the molecule is C=CS(=O)(=O)CCCCC[C]=O. The molecule has 0 atom stereocenters. The van der Waals surface area contributed by atoms with E-state index < -0.39 is 9.84 Å². The first-order valence-electron chi connectivity index (χ1n) is 3.82. The molecule has 0 N–H and O–H groups in total. The molecule has 69 valence electrons. The minimum atomic E-state index is -3.04. The monoisotopic (exact) mass is 189 g/mol. The standard InChI is InChI=1S/C8H13O3S/c1-2-12(10,11)8-6-4-3-5-7-9/h2H,1,3-6,8H2. The zero-order chi connectivity index (χ0) is 9.45. The van der Waals surface area contributed by atoms with Gasteiger partial charge in [-0.15, -0.1) is 0 Å². The molecule has 0 aliphatic heterocycles. The van der Waals surface area contributed by atoms with Crippen molar-refractivity contribution >= 4 is 16.1 Å². The third-order valence-electron chi connectivity index (χ3n) is 1.46. The summed E-state index contributed by atoms with van der Waals surface area (Å²) in [7, 11) is -3.04. The van der Waals surface area contributed by atoms with Gasteiger partial charge in [-0.05, 0) is 12.8 Å². The van der Waals surface area contributed by atoms with E-state index in [0.29, 0.717) is 12.8 Å². The minimum Gasteiger partial charge on any atom is -0.291 e. The fourth-order valence-electron chi connectivity index (χ4n) is 0.761. The van der Waals surface area contributed by atoms with Gasteiger partial charge in [-0.3, -0.25) is 4.79 Å². The summed E-state index contributed by atoms with van der Waals surface area (Å²) >= 11 is 0. The Hall–Kier alpha value is -0.640. The van der Waals surface area contributed by atoms with Gasteiger partial charge in [-0.2, -0.15) is 0 Å². The van der Waals surface area contributed by atoms with Crippen LogP contribution in [-0.4, -0.2) is 20.5 Å². The summed E-state index contributed by atoms with van der Waals surface area (Å²) in [6, 6.07) is 0. The van der Waals surface area contributed by atoms with Crippen LogP contribution in [0.1, 0.15) is 25.7 Å². The summed E-state index contributed by atoms with van der Waals surface area (Å²) < 4.78 is 21.7. The average Bonchev–Trinajstić information content (AvgIpc) is 2.04. The number of sulfone groups is 1. The lowest BCUT2D eigenvalue weighted by atomic mass is 10.2. The molecule has 0 rings (SSSR count). The number of hydrogen-bond donors (Lipinski definition) is 0. The van der Waals surface area contributed by atoms with Crippen LogP contribution >= 0.6 is 0 Å². The van der Waals surface area contributed by atoms with Crippen LogP contribution in [0.5, 0.6) is 0 Å². The third kappa shape index (κ3) is 6.09. The Morgan fingerprint density at radius 1 is 1.25 bits per heavy atom. The highest BCUT2D eigenvalue weighted by Crippen LogP contribution is 2.02. The molecule has 0 spiro atoms. The molecule has 0 aromatic heterocycles. The maximum absolute atomic E-state index is 10.8. The van der Waals surface area contributed by atoms with Crippen LogP contribution in [0.15, 0.2) is 12.0 Å². The van der Waals surface area contributed by atoms with Gasteiger partial charge in [0.15, 0.2) is 16.1 Å². The van der Waals surface area contributed by atoms with Gasteiger partial charge in [-0.25, -0.2) is 8.42 Å². The lowest BCUT2D eigenvalue weighted by molar-refractivity contribution is 0.546. The summed E-state index contributed by atoms with van der Waals surface area (Å²) in [6.07, 6.45) is 4.22. The highest BCUT2D eigenvalue weighted by atomic mass is 32.2. The minimum absolute atomic E-state index is 0.134. The van der Waals surface area contributed by atoms with E-state index in [2.05, 4.69) is 6.58 Å². The summed E-state index contributed by atoms with van der Waals surface area (Å²) in [5.41, 5.74) is 0. The van der Waals surface area contributed by atoms with Gasteiger partial charge >= 0.3 is 0 Å². The number of hydrogen-bond acceptors (Lipinski definition) is 3. The molecule has 0 saturated heterocycles. The van der Waals surface area contributed by atoms with Gasteiger partial charge in [0.05, 0.1) is 5.75 Å². The van der Waals surface area contributed by atoms with Crippen molar-refractivity contribution in [1.82, 2.24) is 0 Å². The van der Waals surface area contributed by atoms with Crippen molar-refractivity contribution in [2.24, 2.45) is 0 Å². The molecule has 0 aromatic carbocycles. The van der Waals surface area contributed by atoms with E-state index in [1.165, 1.54) is 0 Å². The molecule has 0 bridgehead atoms. The Labute approximate surface area is 73.4 Å². The summed E-state index contributed by atoms with van der Waals surface area (Å²) in [5.74, 6) is 0.134. The Bertz CT molecular complexity index is 229. The first-order chi connectivity index (χ1) is 5.62. The molecule has 0 amide bonds. The van der Waals surface area contributed by atoms with E-state index in [1.807, 2.05) is 0 Å². The summed E-state index contributed by atoms with van der Waals surface area (Å²) in [5, 5.41) is 0.971. The van der Waals surface area contributed by atoms with Crippen LogP contribution in [0.2, 0.25) is 0 Å². The smallest absolute Gasteiger partial charge is 0.198 e. The molecular weight excluding hydrogens is 176 g/mol. The van der Waals surface area contributed by atoms with E-state index in [9.17, 15) is 13.2 Å². The van der Waals surface area contributed by atoms with Crippen LogP contribution in [0.25, 0.3) is 0 Å². The molecule has 0 fully saturated rings. The van der Waals surface area contributed by atoms with Gasteiger partial charge < -0.3 is 0 Å². The summed E-state index contributed by atoms with van der Waals surface area (Å²) in [6.45, 7) is 3.20. The van der Waals surface area contributed by atoms with E-state index >= 15 is 0 Å². The van der Waals surface area contributed by atoms with Crippen molar-refractivity contribution in [3.05, 3.63) is 12.0 Å². The molecule has 0 saturated carbocycles. The van der Waals surface area contributed by atoms with Crippen LogP contribution in [0.3, 0.4) is 0 Å². The second-order valence-electron chi connectivity index (χ2n) is 2.49.